The maximum absolute atomic E-state index is 12.9. The first-order valence-electron chi connectivity index (χ1n) is 8.05. The Morgan fingerprint density at radius 1 is 1.33 bits per heavy atom. The van der Waals surface area contributed by atoms with Gasteiger partial charge in [0.2, 0.25) is 0 Å². The number of ether oxygens (including phenoxy) is 1. The van der Waals surface area contributed by atoms with Crippen LogP contribution in [0, 0.1) is 10.1 Å². The van der Waals surface area contributed by atoms with Crippen molar-refractivity contribution in [3.63, 3.8) is 0 Å². The molecule has 1 aliphatic rings. The number of hydrogen-bond acceptors (Lipinski definition) is 6. The summed E-state index contributed by atoms with van der Waals surface area (Å²) in [5.74, 6) is 0.783. The maximum atomic E-state index is 12.9. The highest BCUT2D eigenvalue weighted by Crippen LogP contribution is 2.27. The van der Waals surface area contributed by atoms with E-state index in [9.17, 15) is 14.9 Å². The van der Waals surface area contributed by atoms with Gasteiger partial charge in [-0.1, -0.05) is 35.5 Å². The van der Waals surface area contributed by atoms with Crippen LogP contribution in [-0.4, -0.2) is 41.1 Å². The van der Waals surface area contributed by atoms with Gasteiger partial charge in [-0.05, 0) is 23.8 Å². The van der Waals surface area contributed by atoms with Crippen LogP contribution in [0.4, 0.5) is 5.69 Å². The SMILES string of the molecule is COc1ccc(Cl)cc1C(=O)N1CCN=C1SCc1ccc([N+](=O)[O-])cc1. The molecule has 0 fully saturated rings. The van der Waals surface area contributed by atoms with Gasteiger partial charge in [-0.15, -0.1) is 0 Å². The number of benzene rings is 2. The lowest BCUT2D eigenvalue weighted by atomic mass is 10.2. The summed E-state index contributed by atoms with van der Waals surface area (Å²) in [7, 11) is 1.50. The van der Waals surface area contributed by atoms with E-state index >= 15 is 0 Å². The molecule has 0 bridgehead atoms. The fourth-order valence-corrected chi connectivity index (χ4v) is 3.77. The third-order valence-electron chi connectivity index (χ3n) is 3.95. The minimum absolute atomic E-state index is 0.0480. The molecule has 2 aromatic carbocycles. The van der Waals surface area contributed by atoms with Crippen molar-refractivity contribution < 1.29 is 14.5 Å². The lowest BCUT2D eigenvalue weighted by molar-refractivity contribution is -0.384. The third-order valence-corrected chi connectivity index (χ3v) is 5.27. The van der Waals surface area contributed by atoms with Crippen LogP contribution < -0.4 is 4.74 Å². The van der Waals surface area contributed by atoms with E-state index in [1.54, 1.807) is 35.2 Å². The molecule has 0 aliphatic carbocycles. The van der Waals surface area contributed by atoms with Crippen molar-refractivity contribution in [3.8, 4) is 5.75 Å². The Labute approximate surface area is 165 Å². The Kier molecular flexibility index (Phi) is 5.98. The molecule has 0 aromatic heterocycles. The molecular formula is C18H16ClN3O4S. The number of carbonyl (C=O) groups is 1. The first-order valence-corrected chi connectivity index (χ1v) is 9.42. The van der Waals surface area contributed by atoms with Crippen LogP contribution in [0.5, 0.6) is 5.75 Å². The Morgan fingerprint density at radius 2 is 2.07 bits per heavy atom. The summed E-state index contributed by atoms with van der Waals surface area (Å²) in [4.78, 5) is 29.2. The molecule has 140 valence electrons. The molecule has 0 N–H and O–H groups in total. The summed E-state index contributed by atoms with van der Waals surface area (Å²) >= 11 is 7.44. The Hall–Kier alpha value is -2.58. The van der Waals surface area contributed by atoms with Gasteiger partial charge in [0.05, 0.1) is 24.1 Å². The van der Waals surface area contributed by atoms with Crippen molar-refractivity contribution in [3.05, 3.63) is 68.7 Å². The standard InChI is InChI=1S/C18H16ClN3O4S/c1-26-16-7-4-13(19)10-15(16)17(23)21-9-8-20-18(21)27-11-12-2-5-14(6-3-12)22(24)25/h2-7,10H,8-9,11H2,1H3. The number of non-ortho nitro benzene ring substituents is 1. The number of nitro groups is 1. The second-order valence-corrected chi connectivity index (χ2v) is 7.06. The smallest absolute Gasteiger partial charge is 0.269 e. The van der Waals surface area contributed by atoms with Crippen LogP contribution in [0.3, 0.4) is 0 Å². The van der Waals surface area contributed by atoms with Crippen molar-refractivity contribution in [2.24, 2.45) is 4.99 Å². The summed E-state index contributed by atoms with van der Waals surface area (Å²) in [6.45, 7) is 1.01. The lowest BCUT2D eigenvalue weighted by Crippen LogP contribution is -2.33. The lowest BCUT2D eigenvalue weighted by Gasteiger charge is -2.19. The number of amides is 1. The molecule has 0 atom stereocenters. The number of methoxy groups -OCH3 is 1. The molecule has 9 heteroatoms. The predicted molar refractivity (Wildman–Crippen MR) is 106 cm³/mol. The average Bonchev–Trinajstić information content (AvgIpc) is 3.14. The number of hydrogen-bond donors (Lipinski definition) is 0. The van der Waals surface area contributed by atoms with Crippen LogP contribution in [-0.2, 0) is 5.75 Å². The summed E-state index contributed by atoms with van der Waals surface area (Å²) in [5, 5.41) is 11.8. The van der Waals surface area contributed by atoms with Gasteiger partial charge in [-0.3, -0.25) is 24.8 Å². The molecule has 1 aliphatic heterocycles. The number of halogens is 1. The first-order chi connectivity index (χ1) is 13.0. The van der Waals surface area contributed by atoms with Gasteiger partial charge in [0.1, 0.15) is 5.75 Å². The topological polar surface area (TPSA) is 85.0 Å². The molecule has 1 heterocycles. The van der Waals surface area contributed by atoms with E-state index in [4.69, 9.17) is 16.3 Å². The van der Waals surface area contributed by atoms with Crippen LogP contribution in [0.1, 0.15) is 15.9 Å². The largest absolute Gasteiger partial charge is 0.496 e. The average molecular weight is 406 g/mol. The Balaban J connectivity index is 1.71. The zero-order valence-corrected chi connectivity index (χ0v) is 16.0. The number of thioether (sulfide) groups is 1. The van der Waals surface area contributed by atoms with E-state index in [0.29, 0.717) is 40.3 Å². The van der Waals surface area contributed by atoms with Crippen LogP contribution >= 0.6 is 23.4 Å². The van der Waals surface area contributed by atoms with Crippen LogP contribution in [0.2, 0.25) is 5.02 Å². The molecule has 0 radical (unpaired) electrons. The number of nitro benzene ring substituents is 1. The van der Waals surface area contributed by atoms with Gasteiger partial charge in [-0.2, -0.15) is 0 Å². The molecule has 2 aromatic rings. The van der Waals surface area contributed by atoms with E-state index in [1.165, 1.54) is 31.0 Å². The molecule has 0 saturated carbocycles. The van der Waals surface area contributed by atoms with Crippen LogP contribution in [0.25, 0.3) is 0 Å². The van der Waals surface area contributed by atoms with Gasteiger partial charge < -0.3 is 4.74 Å². The highest BCUT2D eigenvalue weighted by molar-refractivity contribution is 8.13. The van der Waals surface area contributed by atoms with Crippen molar-refractivity contribution >= 4 is 40.1 Å². The van der Waals surface area contributed by atoms with Crippen LogP contribution in [0.15, 0.2) is 47.5 Å². The molecule has 1 amide bonds. The van der Waals surface area contributed by atoms with Gasteiger partial charge in [0.15, 0.2) is 5.17 Å². The van der Waals surface area contributed by atoms with Crippen molar-refractivity contribution in [2.75, 3.05) is 20.2 Å². The Morgan fingerprint density at radius 3 is 2.74 bits per heavy atom. The third kappa shape index (κ3) is 4.40. The van der Waals surface area contributed by atoms with Gasteiger partial charge in [0, 0.05) is 29.5 Å². The zero-order valence-electron chi connectivity index (χ0n) is 14.4. The quantitative estimate of drug-likeness (QED) is 0.554. The number of amidine groups is 1. The molecule has 3 rings (SSSR count). The predicted octanol–water partition coefficient (Wildman–Crippen LogP) is 4.00. The van der Waals surface area contributed by atoms with Gasteiger partial charge in [-0.25, -0.2) is 0 Å². The molecule has 7 nitrogen and oxygen atoms in total. The highest BCUT2D eigenvalue weighted by Gasteiger charge is 2.27. The molecule has 27 heavy (non-hydrogen) atoms. The number of rotatable bonds is 5. The molecule has 0 saturated heterocycles. The zero-order chi connectivity index (χ0) is 19.4. The van der Waals surface area contributed by atoms with E-state index in [1.807, 2.05) is 0 Å². The second-order valence-electron chi connectivity index (χ2n) is 5.68. The first kappa shape index (κ1) is 19.2. The minimum atomic E-state index is -0.434. The number of carbonyl (C=O) groups excluding carboxylic acids is 1. The fraction of sp³-hybridized carbons (Fsp3) is 0.222. The number of aliphatic imine (C=N–C) groups is 1. The molecular weight excluding hydrogens is 390 g/mol. The second kappa shape index (κ2) is 8.41. The highest BCUT2D eigenvalue weighted by atomic mass is 35.5. The molecule has 0 unspecified atom stereocenters. The summed E-state index contributed by atoms with van der Waals surface area (Å²) < 4.78 is 5.27. The van der Waals surface area contributed by atoms with E-state index < -0.39 is 4.92 Å². The van der Waals surface area contributed by atoms with Gasteiger partial charge >= 0.3 is 0 Å². The van der Waals surface area contributed by atoms with Crippen molar-refractivity contribution in [1.29, 1.82) is 0 Å². The van der Waals surface area contributed by atoms with Crippen molar-refractivity contribution in [2.45, 2.75) is 5.75 Å². The van der Waals surface area contributed by atoms with E-state index in [-0.39, 0.29) is 11.6 Å². The normalized spacial score (nSPS) is 13.4. The number of nitrogens with zero attached hydrogens (tertiary/aromatic N) is 3. The monoisotopic (exact) mass is 405 g/mol. The Bertz CT molecular complexity index is 902. The fourth-order valence-electron chi connectivity index (χ4n) is 2.59. The minimum Gasteiger partial charge on any atom is -0.496 e. The van der Waals surface area contributed by atoms with E-state index in [2.05, 4.69) is 4.99 Å². The maximum Gasteiger partial charge on any atom is 0.269 e. The summed E-state index contributed by atoms with van der Waals surface area (Å²) in [6.07, 6.45) is 0. The summed E-state index contributed by atoms with van der Waals surface area (Å²) in [6, 6.07) is 11.2. The van der Waals surface area contributed by atoms with Crippen molar-refractivity contribution in [1.82, 2.24) is 4.90 Å². The van der Waals surface area contributed by atoms with Gasteiger partial charge in [0.25, 0.3) is 11.6 Å². The summed E-state index contributed by atoms with van der Waals surface area (Å²) in [5.41, 5.74) is 1.34. The van der Waals surface area contributed by atoms with E-state index in [0.717, 1.165) is 5.56 Å². The molecule has 0 spiro atoms.